The van der Waals surface area contributed by atoms with Crippen molar-refractivity contribution in [2.24, 2.45) is 0 Å². The van der Waals surface area contributed by atoms with Gasteiger partial charge in [0.1, 0.15) is 6.20 Å². The summed E-state index contributed by atoms with van der Waals surface area (Å²) in [4.78, 5) is 7.76. The third-order valence-electron chi connectivity index (χ3n) is 1.16. The number of hydrogen-bond donors (Lipinski definition) is 0. The molecule has 0 saturated carbocycles. The van der Waals surface area contributed by atoms with Gasteiger partial charge in [-0.25, -0.2) is 9.97 Å². The lowest BCUT2D eigenvalue weighted by Crippen LogP contribution is -1.85. The Morgan fingerprint density at radius 2 is 2.50 bits per heavy atom. The van der Waals surface area contributed by atoms with Crippen molar-refractivity contribution in [2.75, 3.05) is 0 Å². The Hall–Kier alpha value is -1.09. The van der Waals surface area contributed by atoms with Gasteiger partial charge in [-0.15, -0.1) is 0 Å². The van der Waals surface area contributed by atoms with Gasteiger partial charge in [-0.05, 0) is 0 Å². The third-order valence-corrected chi connectivity index (χ3v) is 1.35. The van der Waals surface area contributed by atoms with Crippen molar-refractivity contribution in [1.82, 2.24) is 14.4 Å². The Morgan fingerprint density at radius 1 is 1.60 bits per heavy atom. The average Bonchev–Trinajstić information content (AvgIpc) is 2.33. The van der Waals surface area contributed by atoms with Crippen LogP contribution in [-0.2, 0) is 0 Å². The van der Waals surface area contributed by atoms with Crippen LogP contribution in [0.2, 0.25) is 5.02 Å². The SMILES string of the molecule is Clc1cnc2n[c]cn2c1. The molecule has 2 aromatic heterocycles. The van der Waals surface area contributed by atoms with Crippen LogP contribution in [0, 0.1) is 6.20 Å². The molecule has 0 atom stereocenters. The van der Waals surface area contributed by atoms with Gasteiger partial charge in [-0.1, -0.05) is 11.6 Å². The maximum absolute atomic E-state index is 5.65. The van der Waals surface area contributed by atoms with Gasteiger partial charge >= 0.3 is 0 Å². The first-order valence-electron chi connectivity index (χ1n) is 2.72. The van der Waals surface area contributed by atoms with Gasteiger partial charge in [0.15, 0.2) is 0 Å². The maximum Gasteiger partial charge on any atom is 0.234 e. The average molecular weight is 153 g/mol. The van der Waals surface area contributed by atoms with Crippen LogP contribution in [0.4, 0.5) is 0 Å². The number of halogens is 1. The molecule has 0 aromatic carbocycles. The normalized spacial score (nSPS) is 10.5. The Balaban J connectivity index is 2.86. The van der Waals surface area contributed by atoms with Crippen molar-refractivity contribution in [1.29, 1.82) is 0 Å². The molecule has 49 valence electrons. The molecule has 0 aliphatic heterocycles. The summed E-state index contributed by atoms with van der Waals surface area (Å²) in [5.41, 5.74) is 0. The van der Waals surface area contributed by atoms with E-state index in [1.165, 1.54) is 0 Å². The van der Waals surface area contributed by atoms with Gasteiger partial charge in [-0.2, -0.15) is 0 Å². The standard InChI is InChI=1S/C6H3ClN3/c7-5-3-9-6-8-1-2-10(6)4-5/h2-4H. The first kappa shape index (κ1) is 5.68. The van der Waals surface area contributed by atoms with Crippen LogP contribution in [0.15, 0.2) is 18.6 Å². The molecule has 0 bridgehead atoms. The lowest BCUT2D eigenvalue weighted by atomic mass is 10.7. The monoisotopic (exact) mass is 152 g/mol. The molecular formula is C6H3ClN3. The fraction of sp³-hybridized carbons (Fsp3) is 0. The number of rotatable bonds is 0. The highest BCUT2D eigenvalue weighted by Crippen LogP contribution is 2.05. The van der Waals surface area contributed by atoms with Crippen molar-refractivity contribution >= 4 is 17.4 Å². The molecule has 0 spiro atoms. The largest absolute Gasteiger partial charge is 0.289 e. The van der Waals surface area contributed by atoms with Gasteiger partial charge < -0.3 is 0 Å². The van der Waals surface area contributed by atoms with Gasteiger partial charge in [-0.3, -0.25) is 4.40 Å². The summed E-state index contributed by atoms with van der Waals surface area (Å²) >= 11 is 5.65. The van der Waals surface area contributed by atoms with Gasteiger partial charge in [0.05, 0.1) is 11.2 Å². The van der Waals surface area contributed by atoms with E-state index in [1.807, 2.05) is 0 Å². The number of nitrogens with zero attached hydrogens (tertiary/aromatic N) is 3. The summed E-state index contributed by atoms with van der Waals surface area (Å²) in [6.45, 7) is 0. The van der Waals surface area contributed by atoms with Crippen molar-refractivity contribution < 1.29 is 0 Å². The summed E-state index contributed by atoms with van der Waals surface area (Å²) in [7, 11) is 0. The van der Waals surface area contributed by atoms with Crippen molar-refractivity contribution in [3.8, 4) is 0 Å². The molecule has 2 aromatic rings. The summed E-state index contributed by atoms with van der Waals surface area (Å²) in [5, 5.41) is 0.596. The van der Waals surface area contributed by atoms with E-state index in [9.17, 15) is 0 Å². The molecule has 0 aliphatic carbocycles. The van der Waals surface area contributed by atoms with E-state index in [1.54, 1.807) is 23.0 Å². The first-order chi connectivity index (χ1) is 4.86. The highest BCUT2D eigenvalue weighted by Gasteiger charge is 1.93. The van der Waals surface area contributed by atoms with Crippen LogP contribution >= 0.6 is 11.6 Å². The van der Waals surface area contributed by atoms with Crippen LogP contribution < -0.4 is 0 Å². The second kappa shape index (κ2) is 1.95. The van der Waals surface area contributed by atoms with E-state index >= 15 is 0 Å². The van der Waals surface area contributed by atoms with Gasteiger partial charge in [0, 0.05) is 12.4 Å². The summed E-state index contributed by atoms with van der Waals surface area (Å²) < 4.78 is 1.71. The van der Waals surface area contributed by atoms with Crippen LogP contribution in [0.1, 0.15) is 0 Å². The molecule has 2 rings (SSSR count). The number of aromatic nitrogens is 3. The van der Waals surface area contributed by atoms with E-state index in [0.29, 0.717) is 10.8 Å². The Bertz CT molecular complexity index is 355. The van der Waals surface area contributed by atoms with Crippen molar-refractivity contribution in [3.05, 3.63) is 29.8 Å². The van der Waals surface area contributed by atoms with Gasteiger partial charge in [0.2, 0.25) is 5.78 Å². The van der Waals surface area contributed by atoms with Crippen LogP contribution in [0.5, 0.6) is 0 Å². The van der Waals surface area contributed by atoms with E-state index in [4.69, 9.17) is 11.6 Å². The molecule has 3 nitrogen and oxygen atoms in total. The summed E-state index contributed by atoms with van der Waals surface area (Å²) in [5.74, 6) is 0.615. The maximum atomic E-state index is 5.65. The van der Waals surface area contributed by atoms with Crippen molar-refractivity contribution in [2.45, 2.75) is 0 Å². The molecule has 0 N–H and O–H groups in total. The van der Waals surface area contributed by atoms with E-state index in [-0.39, 0.29) is 0 Å². The molecular weight excluding hydrogens is 150 g/mol. The predicted octanol–water partition coefficient (Wildman–Crippen LogP) is 1.18. The van der Waals surface area contributed by atoms with Crippen LogP contribution in [0.3, 0.4) is 0 Å². The van der Waals surface area contributed by atoms with Crippen LogP contribution in [-0.4, -0.2) is 14.4 Å². The highest BCUT2D eigenvalue weighted by atomic mass is 35.5. The summed E-state index contributed by atoms with van der Waals surface area (Å²) in [6, 6.07) is 0. The van der Waals surface area contributed by atoms with E-state index < -0.39 is 0 Å². The molecule has 4 heteroatoms. The molecule has 2 heterocycles. The second-order valence-electron chi connectivity index (χ2n) is 1.85. The summed E-state index contributed by atoms with van der Waals surface area (Å²) in [6.07, 6.45) is 7.61. The smallest absolute Gasteiger partial charge is 0.234 e. The Kier molecular flexibility index (Phi) is 1.11. The fourth-order valence-electron chi connectivity index (χ4n) is 0.740. The predicted molar refractivity (Wildman–Crippen MR) is 36.8 cm³/mol. The molecule has 1 radical (unpaired) electrons. The lowest BCUT2D eigenvalue weighted by Gasteiger charge is -1.90. The topological polar surface area (TPSA) is 30.2 Å². The molecule has 0 fully saturated rings. The first-order valence-corrected chi connectivity index (χ1v) is 3.10. The molecule has 0 amide bonds. The van der Waals surface area contributed by atoms with E-state index in [0.717, 1.165) is 0 Å². The molecule has 0 unspecified atom stereocenters. The number of imidazole rings is 1. The minimum atomic E-state index is 0.596. The quantitative estimate of drug-likeness (QED) is 0.568. The zero-order chi connectivity index (χ0) is 6.97. The third kappa shape index (κ3) is 0.752. The minimum absolute atomic E-state index is 0.596. The minimum Gasteiger partial charge on any atom is -0.289 e. The van der Waals surface area contributed by atoms with E-state index in [2.05, 4.69) is 16.2 Å². The fourth-order valence-corrected chi connectivity index (χ4v) is 0.894. The lowest BCUT2D eigenvalue weighted by molar-refractivity contribution is 1.11. The zero-order valence-corrected chi connectivity index (χ0v) is 5.71. The molecule has 10 heavy (non-hydrogen) atoms. The highest BCUT2D eigenvalue weighted by molar-refractivity contribution is 6.30. The molecule has 0 aliphatic rings. The van der Waals surface area contributed by atoms with Gasteiger partial charge in [0.25, 0.3) is 0 Å². The van der Waals surface area contributed by atoms with Crippen LogP contribution in [0.25, 0.3) is 5.78 Å². The number of hydrogen-bond acceptors (Lipinski definition) is 2. The Labute approximate surface area is 62.3 Å². The number of fused-ring (bicyclic) bond motifs is 1. The zero-order valence-electron chi connectivity index (χ0n) is 4.95. The molecule has 0 saturated heterocycles. The second-order valence-corrected chi connectivity index (χ2v) is 2.29. The Morgan fingerprint density at radius 3 is 3.40 bits per heavy atom. The van der Waals surface area contributed by atoms with Crippen molar-refractivity contribution in [3.63, 3.8) is 0 Å².